The molecule has 366 valence electrons. The minimum absolute atomic E-state index is 0.0547. The van der Waals surface area contributed by atoms with Crippen molar-refractivity contribution in [1.29, 1.82) is 0 Å². The van der Waals surface area contributed by atoms with Gasteiger partial charge < -0.3 is 40.7 Å². The number of benzene rings is 3. The lowest BCUT2D eigenvalue weighted by molar-refractivity contribution is -0.258. The van der Waals surface area contributed by atoms with Crippen LogP contribution in [0.4, 0.5) is 0 Å². The van der Waals surface area contributed by atoms with E-state index < -0.39 is 56.7 Å². The van der Waals surface area contributed by atoms with Crippen molar-refractivity contribution in [2.75, 3.05) is 13.7 Å². The van der Waals surface area contributed by atoms with Crippen LogP contribution in [0.1, 0.15) is 155 Å². The average molecular weight is 944 g/mol. The maximum Gasteiger partial charge on any atom is 0.160 e. The number of phenolic OH excluding ortho intramolecular Hbond substituents is 3. The number of hydrogen-bond donors (Lipinski definition) is 7. The predicted octanol–water partition coefficient (Wildman–Crippen LogP) is 9.14. The van der Waals surface area contributed by atoms with Crippen molar-refractivity contribution in [1.82, 2.24) is 5.32 Å². The molecule has 70 heavy (non-hydrogen) atoms. The van der Waals surface area contributed by atoms with Gasteiger partial charge in [0.15, 0.2) is 23.0 Å². The van der Waals surface area contributed by atoms with Gasteiger partial charge in [-0.15, -0.1) is 5.92 Å². The second-order valence-electron chi connectivity index (χ2n) is 24.3. The zero-order chi connectivity index (χ0) is 48.1. The fourth-order valence-electron chi connectivity index (χ4n) is 19.3. The number of allylic oxidation sites excluding steroid dienone is 2. The molecule has 1 heterocycles. The number of aromatic hydroxyl groups is 3. The van der Waals surface area contributed by atoms with E-state index in [2.05, 4.69) is 47.2 Å². The fourth-order valence-corrected chi connectivity index (χ4v) is 19.3. The minimum Gasteiger partial charge on any atom is -0.504 e. The second kappa shape index (κ2) is 15.6. The van der Waals surface area contributed by atoms with E-state index in [1.54, 1.807) is 6.07 Å². The van der Waals surface area contributed by atoms with Crippen LogP contribution in [0.25, 0.3) is 0 Å². The standard InChI is InChI=1S/C61H69NO8/c1-70-53-30-46(40(35-63)26-52(53)67)45-28-44(64)32-58(69)22-24-60-23-21-56-36-55-17-7-13-42(55)27-43(56)16-20-57(68)18-6-5-11-41(57)12-8-19-59(56)33-49(55)47-29-50(65)51(66)31-48(47)61(59,60)54(58)39(34-62-60)15-14-38(45)25-37-9-3-2-4-10-37/h2-4,9-10,26-27,29-31,38-39,41-42,45,49,54,62-63,65-69H,5-7,11-13,16-18,20-25,28,32-36H2,1H3/t38-,39+,41+,42-,45-,49-,54-,55-,56+,57-,58+,59-,60+,61+/m1/s1. The first-order chi connectivity index (χ1) is 33.8. The molecule has 10 aliphatic rings. The lowest BCUT2D eigenvalue weighted by Crippen LogP contribution is -2.87. The summed E-state index contributed by atoms with van der Waals surface area (Å²) in [6.45, 7) is 0.162. The summed E-state index contributed by atoms with van der Waals surface area (Å²) in [5.74, 6) is 14.5. The Bertz CT molecular complexity index is 2850. The summed E-state index contributed by atoms with van der Waals surface area (Å²) in [6, 6.07) is 17.2. The van der Waals surface area contributed by atoms with Crippen molar-refractivity contribution in [3.63, 3.8) is 0 Å². The van der Waals surface area contributed by atoms with Crippen molar-refractivity contribution in [3.8, 4) is 46.7 Å². The zero-order valence-electron chi connectivity index (χ0n) is 40.7. The lowest BCUT2D eigenvalue weighted by Gasteiger charge is -2.82. The highest BCUT2D eigenvalue weighted by Crippen LogP contribution is 2.87. The number of carbonyl (C=O) groups excluding carboxylic acids is 1. The van der Waals surface area contributed by atoms with Gasteiger partial charge in [-0.05, 0) is 159 Å². The summed E-state index contributed by atoms with van der Waals surface area (Å²) >= 11 is 0. The van der Waals surface area contributed by atoms with Crippen molar-refractivity contribution >= 4 is 5.78 Å². The molecule has 4 spiro atoms. The molecule has 1 saturated heterocycles. The SMILES string of the molecule is COc1cc([C@@H]2CC(=O)C[C@@]3(O)CC[C@@]45CC[C@]67C[C@]89CCC[C@@H]8C=C6CC[C@]6(O)CCCC[C@H]6CC#C[C@@]76C[C@@H]9c7cc(O)c(O)cc7[C@@]46[C@@H]3[C@@H](C#C[C@@H]2Cc2ccccc2)CN5)c(CO)cc1O. The molecule has 0 aromatic heterocycles. The van der Waals surface area contributed by atoms with Crippen LogP contribution in [0.5, 0.6) is 23.0 Å². The van der Waals surface area contributed by atoms with Crippen LogP contribution < -0.4 is 10.1 Å². The molecule has 0 amide bonds. The van der Waals surface area contributed by atoms with E-state index in [0.717, 1.165) is 100 Å². The van der Waals surface area contributed by atoms with Crippen molar-refractivity contribution < 1.29 is 40.2 Å². The van der Waals surface area contributed by atoms with Gasteiger partial charge in [-0.1, -0.05) is 79.0 Å². The molecule has 9 nitrogen and oxygen atoms in total. The van der Waals surface area contributed by atoms with E-state index in [9.17, 15) is 30.6 Å². The third-order valence-electron chi connectivity index (χ3n) is 21.9. The number of ether oxygens (including phenoxy) is 1. The summed E-state index contributed by atoms with van der Waals surface area (Å²) in [5.41, 5.74) is 0.815. The number of aliphatic hydroxyl groups excluding tert-OH is 1. The van der Waals surface area contributed by atoms with Crippen LogP contribution in [0.15, 0.2) is 66.2 Å². The Labute approximate surface area is 412 Å². The normalized spacial score (nSPS) is 42.7. The molecule has 3 aromatic carbocycles. The topological polar surface area (TPSA) is 160 Å². The van der Waals surface area contributed by atoms with Crippen molar-refractivity contribution in [2.24, 2.45) is 45.8 Å². The van der Waals surface area contributed by atoms with Crippen molar-refractivity contribution in [2.45, 2.75) is 163 Å². The number of piperidine rings is 1. The first kappa shape index (κ1) is 45.1. The lowest BCUT2D eigenvalue weighted by atomic mass is 9.21. The van der Waals surface area contributed by atoms with Crippen LogP contribution in [0, 0.1) is 69.5 Å². The highest BCUT2D eigenvalue weighted by molar-refractivity contribution is 5.81. The molecule has 13 rings (SSSR count). The monoisotopic (exact) mass is 944 g/mol. The van der Waals surface area contributed by atoms with E-state index >= 15 is 4.79 Å². The summed E-state index contributed by atoms with van der Waals surface area (Å²) in [6.07, 6.45) is 17.1. The molecule has 0 unspecified atom stereocenters. The van der Waals surface area contributed by atoms with Gasteiger partial charge in [0.1, 0.15) is 5.78 Å². The highest BCUT2D eigenvalue weighted by atomic mass is 16.5. The van der Waals surface area contributed by atoms with Gasteiger partial charge in [-0.25, -0.2) is 0 Å². The summed E-state index contributed by atoms with van der Waals surface area (Å²) in [4.78, 5) is 15.5. The Morgan fingerprint density at radius 3 is 2.50 bits per heavy atom. The number of nitrogens with one attached hydrogen (secondary N) is 1. The Morgan fingerprint density at radius 1 is 0.843 bits per heavy atom. The van der Waals surface area contributed by atoms with Gasteiger partial charge in [-0.3, -0.25) is 4.79 Å². The molecular weight excluding hydrogens is 875 g/mol. The molecular formula is C61H69NO8. The van der Waals surface area contributed by atoms with E-state index in [4.69, 9.17) is 4.74 Å². The summed E-state index contributed by atoms with van der Waals surface area (Å²) < 4.78 is 5.63. The Balaban J connectivity index is 1.09. The minimum atomic E-state index is -1.51. The Hall–Kier alpha value is -4.77. The van der Waals surface area contributed by atoms with Gasteiger partial charge in [0.05, 0.1) is 30.3 Å². The van der Waals surface area contributed by atoms with Crippen LogP contribution in [-0.2, 0) is 23.2 Å². The molecule has 14 atom stereocenters. The second-order valence-corrected chi connectivity index (χ2v) is 24.3. The third kappa shape index (κ3) is 5.81. The Kier molecular flexibility index (Phi) is 10.1. The Morgan fingerprint density at radius 2 is 1.67 bits per heavy atom. The first-order valence-corrected chi connectivity index (χ1v) is 26.8. The van der Waals surface area contributed by atoms with Crippen LogP contribution >= 0.6 is 0 Å². The molecule has 0 radical (unpaired) electrons. The number of carbonyl (C=O) groups is 1. The molecule has 5 saturated carbocycles. The number of rotatable bonds is 5. The quantitative estimate of drug-likeness (QED) is 0.0753. The number of aliphatic hydroxyl groups is 3. The van der Waals surface area contributed by atoms with Crippen LogP contribution in [-0.4, -0.2) is 66.8 Å². The number of phenols is 3. The number of ketones is 1. The molecule has 1 aliphatic heterocycles. The van der Waals surface area contributed by atoms with Crippen molar-refractivity contribution in [3.05, 3.63) is 94.1 Å². The third-order valence-corrected chi connectivity index (χ3v) is 21.9. The van der Waals surface area contributed by atoms with Gasteiger partial charge in [0, 0.05) is 65.8 Å². The van der Waals surface area contributed by atoms with Gasteiger partial charge in [0.25, 0.3) is 0 Å². The number of fused-ring (bicyclic) bond motifs is 4. The number of Topliss-reactive ketones (excluding diaryl/α,β-unsaturated/α-hetero) is 1. The van der Waals surface area contributed by atoms with Gasteiger partial charge in [0.2, 0.25) is 0 Å². The average Bonchev–Trinajstić information content (AvgIpc) is 3.76. The van der Waals surface area contributed by atoms with E-state index in [1.807, 2.05) is 30.3 Å². The first-order valence-electron chi connectivity index (χ1n) is 26.8. The zero-order valence-corrected chi connectivity index (χ0v) is 40.7. The number of hydrogen-bond acceptors (Lipinski definition) is 9. The van der Waals surface area contributed by atoms with E-state index in [0.29, 0.717) is 49.3 Å². The molecule has 7 N–H and O–H groups in total. The summed E-state index contributed by atoms with van der Waals surface area (Å²) in [5, 5.41) is 76.5. The van der Waals surface area contributed by atoms with E-state index in [-0.39, 0.29) is 65.5 Å². The largest absolute Gasteiger partial charge is 0.504 e. The van der Waals surface area contributed by atoms with Crippen LogP contribution in [0.3, 0.4) is 0 Å². The molecule has 6 bridgehead atoms. The maximum atomic E-state index is 15.5. The van der Waals surface area contributed by atoms with Gasteiger partial charge in [-0.2, -0.15) is 0 Å². The summed E-state index contributed by atoms with van der Waals surface area (Å²) in [7, 11) is 1.50. The van der Waals surface area contributed by atoms with Crippen LogP contribution in [0.2, 0.25) is 0 Å². The predicted molar refractivity (Wildman–Crippen MR) is 265 cm³/mol. The maximum absolute atomic E-state index is 15.5. The number of methoxy groups -OCH3 is 1. The molecule has 9 heteroatoms. The van der Waals surface area contributed by atoms with E-state index in [1.165, 1.54) is 18.7 Å². The van der Waals surface area contributed by atoms with Gasteiger partial charge >= 0.3 is 0 Å². The molecule has 6 fully saturated rings. The molecule has 3 aromatic rings. The highest BCUT2D eigenvalue weighted by Gasteiger charge is 2.86. The smallest absolute Gasteiger partial charge is 0.160 e. The molecule has 9 aliphatic carbocycles. The fraction of sp³-hybridized carbons (Fsp3) is 0.590.